The molecule has 1 atom stereocenters. The molecule has 3 N–H and O–H groups in total. The van der Waals surface area contributed by atoms with Gasteiger partial charge in [-0.15, -0.1) is 0 Å². The van der Waals surface area contributed by atoms with Crippen molar-refractivity contribution in [2.45, 2.75) is 25.8 Å². The number of phenols is 1. The molecular formula is C19H21N3O4. The van der Waals surface area contributed by atoms with Gasteiger partial charge in [0.15, 0.2) is 0 Å². The summed E-state index contributed by atoms with van der Waals surface area (Å²) >= 11 is 0. The number of nitrogens with zero attached hydrogens (tertiary/aromatic N) is 1. The third kappa shape index (κ3) is 4.11. The number of carbonyl (C=O) groups is 2. The SMILES string of the molecule is Cc1ccc(C(=O)N2CCC(NC(=O)Cc3ccc(=O)[nH]c3)C2)cc1O. The molecule has 7 heteroatoms. The van der Waals surface area contributed by atoms with Crippen LogP contribution in [0.2, 0.25) is 0 Å². The number of aromatic nitrogens is 1. The Bertz CT molecular complexity index is 870. The highest BCUT2D eigenvalue weighted by Crippen LogP contribution is 2.20. The number of benzene rings is 1. The molecule has 136 valence electrons. The fourth-order valence-corrected chi connectivity index (χ4v) is 3.00. The van der Waals surface area contributed by atoms with Crippen molar-refractivity contribution >= 4 is 11.8 Å². The minimum atomic E-state index is -0.207. The Morgan fingerprint density at radius 1 is 1.31 bits per heavy atom. The van der Waals surface area contributed by atoms with Gasteiger partial charge in [0, 0.05) is 37.0 Å². The number of nitrogens with one attached hydrogen (secondary N) is 2. The Kier molecular flexibility index (Phi) is 5.06. The van der Waals surface area contributed by atoms with Crippen molar-refractivity contribution in [1.82, 2.24) is 15.2 Å². The number of hydrogen-bond donors (Lipinski definition) is 3. The summed E-state index contributed by atoms with van der Waals surface area (Å²) in [5.74, 6) is -0.206. The summed E-state index contributed by atoms with van der Waals surface area (Å²) in [5, 5.41) is 12.7. The van der Waals surface area contributed by atoms with Gasteiger partial charge in [0.2, 0.25) is 11.5 Å². The van der Waals surface area contributed by atoms with Crippen molar-refractivity contribution in [3.63, 3.8) is 0 Å². The highest BCUT2D eigenvalue weighted by atomic mass is 16.3. The maximum absolute atomic E-state index is 12.5. The number of H-pyrrole nitrogens is 1. The zero-order valence-electron chi connectivity index (χ0n) is 14.5. The molecule has 0 aliphatic carbocycles. The van der Waals surface area contributed by atoms with Gasteiger partial charge in [0.25, 0.3) is 5.91 Å². The minimum absolute atomic E-state index is 0.0980. The van der Waals surface area contributed by atoms with Crippen LogP contribution in [0, 0.1) is 6.92 Å². The summed E-state index contributed by atoms with van der Waals surface area (Å²) in [7, 11) is 0. The highest BCUT2D eigenvalue weighted by molar-refractivity contribution is 5.95. The van der Waals surface area contributed by atoms with Crippen molar-refractivity contribution in [2.75, 3.05) is 13.1 Å². The average Bonchev–Trinajstić information content (AvgIpc) is 3.07. The van der Waals surface area contributed by atoms with Crippen LogP contribution in [-0.2, 0) is 11.2 Å². The number of rotatable bonds is 4. The maximum Gasteiger partial charge on any atom is 0.254 e. The molecule has 1 aliphatic heterocycles. The lowest BCUT2D eigenvalue weighted by atomic mass is 10.1. The summed E-state index contributed by atoms with van der Waals surface area (Å²) in [4.78, 5) is 39.9. The fraction of sp³-hybridized carbons (Fsp3) is 0.316. The number of aryl methyl sites for hydroxylation is 1. The largest absolute Gasteiger partial charge is 0.508 e. The monoisotopic (exact) mass is 355 g/mol. The highest BCUT2D eigenvalue weighted by Gasteiger charge is 2.28. The lowest BCUT2D eigenvalue weighted by molar-refractivity contribution is -0.121. The number of phenolic OH excluding ortho intramolecular Hbond substituents is 1. The lowest BCUT2D eigenvalue weighted by Gasteiger charge is -2.17. The van der Waals surface area contributed by atoms with E-state index in [2.05, 4.69) is 10.3 Å². The van der Waals surface area contributed by atoms with Crippen LogP contribution in [0.5, 0.6) is 5.75 Å². The summed E-state index contributed by atoms with van der Waals surface area (Å²) in [6.45, 7) is 2.76. The van der Waals surface area contributed by atoms with Crippen LogP contribution in [0.25, 0.3) is 0 Å². The minimum Gasteiger partial charge on any atom is -0.508 e. The Labute approximate surface area is 150 Å². The van der Waals surface area contributed by atoms with E-state index in [4.69, 9.17) is 0 Å². The van der Waals surface area contributed by atoms with Crippen LogP contribution in [-0.4, -0.2) is 45.9 Å². The van der Waals surface area contributed by atoms with Crippen LogP contribution in [0.3, 0.4) is 0 Å². The van der Waals surface area contributed by atoms with Gasteiger partial charge in [-0.2, -0.15) is 0 Å². The molecule has 3 rings (SSSR count). The van der Waals surface area contributed by atoms with Crippen molar-refractivity contribution < 1.29 is 14.7 Å². The third-order valence-corrected chi connectivity index (χ3v) is 4.51. The van der Waals surface area contributed by atoms with E-state index in [1.807, 2.05) is 0 Å². The van der Waals surface area contributed by atoms with Crippen LogP contribution in [0.1, 0.15) is 27.9 Å². The molecule has 26 heavy (non-hydrogen) atoms. The van der Waals surface area contributed by atoms with Gasteiger partial charge in [-0.25, -0.2) is 0 Å². The second-order valence-corrected chi connectivity index (χ2v) is 6.54. The van der Waals surface area contributed by atoms with Gasteiger partial charge in [-0.1, -0.05) is 12.1 Å². The van der Waals surface area contributed by atoms with E-state index >= 15 is 0 Å². The third-order valence-electron chi connectivity index (χ3n) is 4.51. The first-order valence-electron chi connectivity index (χ1n) is 8.48. The first-order valence-corrected chi connectivity index (χ1v) is 8.48. The van der Waals surface area contributed by atoms with E-state index in [1.54, 1.807) is 30.0 Å². The zero-order valence-corrected chi connectivity index (χ0v) is 14.5. The molecule has 1 saturated heterocycles. The molecule has 7 nitrogen and oxygen atoms in total. The zero-order chi connectivity index (χ0) is 18.7. The summed E-state index contributed by atoms with van der Waals surface area (Å²) in [5.41, 5.74) is 1.67. The van der Waals surface area contributed by atoms with Crippen LogP contribution in [0.15, 0.2) is 41.3 Å². The van der Waals surface area contributed by atoms with Gasteiger partial charge < -0.3 is 20.3 Å². The van der Waals surface area contributed by atoms with Gasteiger partial charge in [-0.3, -0.25) is 14.4 Å². The molecule has 0 bridgehead atoms. The summed E-state index contributed by atoms with van der Waals surface area (Å²) < 4.78 is 0. The van der Waals surface area contributed by atoms with Crippen LogP contribution in [0.4, 0.5) is 0 Å². The number of hydrogen-bond acceptors (Lipinski definition) is 4. The Hall–Kier alpha value is -3.09. The fourth-order valence-electron chi connectivity index (χ4n) is 3.00. The molecule has 1 aromatic heterocycles. The number of pyridine rings is 1. The van der Waals surface area contributed by atoms with E-state index in [-0.39, 0.29) is 35.6 Å². The van der Waals surface area contributed by atoms with E-state index < -0.39 is 0 Å². The summed E-state index contributed by atoms with van der Waals surface area (Å²) in [6, 6.07) is 7.78. The summed E-state index contributed by atoms with van der Waals surface area (Å²) in [6.07, 6.45) is 2.38. The molecule has 1 fully saturated rings. The predicted octanol–water partition coefficient (Wildman–Crippen LogP) is 0.962. The first-order chi connectivity index (χ1) is 12.4. The molecule has 0 radical (unpaired) electrons. The Morgan fingerprint density at radius 2 is 2.12 bits per heavy atom. The second-order valence-electron chi connectivity index (χ2n) is 6.54. The van der Waals surface area contributed by atoms with Gasteiger partial charge in [0.05, 0.1) is 6.42 Å². The van der Waals surface area contributed by atoms with Crippen molar-refractivity contribution in [3.05, 3.63) is 63.6 Å². The van der Waals surface area contributed by atoms with Gasteiger partial charge in [-0.05, 0) is 36.6 Å². The number of likely N-dealkylation sites (tertiary alicyclic amines) is 1. The topological polar surface area (TPSA) is 103 Å². The van der Waals surface area contributed by atoms with Gasteiger partial charge >= 0.3 is 0 Å². The van der Waals surface area contributed by atoms with E-state index in [0.717, 1.165) is 11.1 Å². The molecular weight excluding hydrogens is 334 g/mol. The molecule has 2 heterocycles. The van der Waals surface area contributed by atoms with Crippen LogP contribution < -0.4 is 10.9 Å². The standard InChI is InChI=1S/C19H21N3O4/c1-12-2-4-14(9-16(12)23)19(26)22-7-6-15(11-22)21-18(25)8-13-3-5-17(24)20-10-13/h2-5,9-10,15,23H,6-8,11H2,1H3,(H,20,24)(H,21,25). The van der Waals surface area contributed by atoms with E-state index in [9.17, 15) is 19.5 Å². The Morgan fingerprint density at radius 3 is 2.81 bits per heavy atom. The number of aromatic hydroxyl groups is 1. The lowest BCUT2D eigenvalue weighted by Crippen LogP contribution is -2.39. The Balaban J connectivity index is 1.55. The quantitative estimate of drug-likeness (QED) is 0.760. The van der Waals surface area contributed by atoms with Crippen LogP contribution >= 0.6 is 0 Å². The average molecular weight is 355 g/mol. The van der Waals surface area contributed by atoms with Gasteiger partial charge in [0.1, 0.15) is 5.75 Å². The normalized spacial score (nSPS) is 16.5. The van der Waals surface area contributed by atoms with Crippen molar-refractivity contribution in [3.8, 4) is 5.75 Å². The molecule has 0 spiro atoms. The van der Waals surface area contributed by atoms with Crippen molar-refractivity contribution in [2.24, 2.45) is 0 Å². The number of aromatic amines is 1. The molecule has 2 aromatic rings. The first kappa shape index (κ1) is 17.7. The van der Waals surface area contributed by atoms with E-state index in [1.165, 1.54) is 18.3 Å². The predicted molar refractivity (Wildman–Crippen MR) is 96.1 cm³/mol. The second kappa shape index (κ2) is 7.43. The number of carbonyl (C=O) groups excluding carboxylic acids is 2. The molecule has 1 unspecified atom stereocenters. The smallest absolute Gasteiger partial charge is 0.254 e. The molecule has 1 aliphatic rings. The van der Waals surface area contributed by atoms with Crippen molar-refractivity contribution in [1.29, 1.82) is 0 Å². The molecule has 0 saturated carbocycles. The van der Waals surface area contributed by atoms with E-state index in [0.29, 0.717) is 25.1 Å². The molecule has 1 aromatic carbocycles. The number of amides is 2. The molecule has 2 amide bonds. The maximum atomic E-state index is 12.5.